The molecule has 0 atom stereocenters. The third kappa shape index (κ3) is 5.18. The van der Waals surface area contributed by atoms with E-state index in [0.29, 0.717) is 57.2 Å². The molecule has 0 unspecified atom stereocenters. The summed E-state index contributed by atoms with van der Waals surface area (Å²) in [5, 5.41) is 3.49. The zero-order chi connectivity index (χ0) is 25.4. The Morgan fingerprint density at radius 3 is 2.69 bits per heavy atom. The van der Waals surface area contributed by atoms with E-state index in [9.17, 15) is 9.59 Å². The number of hydrogen-bond donors (Lipinski definition) is 2. The van der Waals surface area contributed by atoms with Crippen molar-refractivity contribution in [2.45, 2.75) is 65.0 Å². The molecule has 1 aromatic heterocycles. The quantitative estimate of drug-likeness (QED) is 0.362. The number of carbonyl (C=O) groups is 2. The van der Waals surface area contributed by atoms with Gasteiger partial charge >= 0.3 is 6.03 Å². The first-order valence-corrected chi connectivity index (χ1v) is 13.7. The van der Waals surface area contributed by atoms with Gasteiger partial charge in [0.05, 0.1) is 34.0 Å². The number of ether oxygens (including phenoxy) is 1. The first-order chi connectivity index (χ1) is 17.2. The molecule has 3 saturated carbocycles. The minimum absolute atomic E-state index is 0.0566. The fourth-order valence-corrected chi connectivity index (χ4v) is 6.56. The van der Waals surface area contributed by atoms with Crippen molar-refractivity contribution in [1.29, 1.82) is 0 Å². The molecule has 3 fully saturated rings. The Bertz CT molecular complexity index is 1190. The van der Waals surface area contributed by atoms with Crippen molar-refractivity contribution < 1.29 is 14.3 Å². The standard InChI is InChI=1S/C26H31BrClN5O3/c1-15(34)14-36-22-7-17(20(28)8-19(22)27)23-18-12-33(13-21(18)31-24(29)32-23)25(35)30-6-4-2-3-5-26-9-16(10-26)11-26/h7-8,16H,2-6,9-14H2,1H3,(H,30,35)(H2,29,31,32). The predicted molar refractivity (Wildman–Crippen MR) is 142 cm³/mol. The summed E-state index contributed by atoms with van der Waals surface area (Å²) >= 11 is 9.99. The van der Waals surface area contributed by atoms with Crippen LogP contribution in [0.4, 0.5) is 10.7 Å². The van der Waals surface area contributed by atoms with E-state index >= 15 is 0 Å². The monoisotopic (exact) mass is 575 g/mol. The van der Waals surface area contributed by atoms with E-state index in [1.165, 1.54) is 39.0 Å². The number of amides is 2. The van der Waals surface area contributed by atoms with Crippen molar-refractivity contribution in [2.75, 3.05) is 18.9 Å². The predicted octanol–water partition coefficient (Wildman–Crippen LogP) is 5.50. The number of nitrogens with zero attached hydrogens (tertiary/aromatic N) is 3. The Balaban J connectivity index is 1.21. The van der Waals surface area contributed by atoms with Crippen LogP contribution in [0.2, 0.25) is 5.02 Å². The molecule has 0 saturated heterocycles. The van der Waals surface area contributed by atoms with Gasteiger partial charge in [-0.1, -0.05) is 24.4 Å². The molecule has 192 valence electrons. The van der Waals surface area contributed by atoms with Gasteiger partial charge in [0.15, 0.2) is 5.78 Å². The second-order valence-corrected chi connectivity index (χ2v) is 11.7. The van der Waals surface area contributed by atoms with E-state index in [-0.39, 0.29) is 24.4 Å². The number of rotatable bonds is 10. The number of nitrogen functional groups attached to an aromatic ring is 1. The number of unbranched alkanes of at least 4 members (excludes halogenated alkanes) is 2. The summed E-state index contributed by atoms with van der Waals surface area (Å²) in [6, 6.07) is 3.31. The molecule has 1 aliphatic heterocycles. The number of anilines is 1. The molecule has 4 aliphatic rings. The average Bonchev–Trinajstić information content (AvgIpc) is 3.19. The van der Waals surface area contributed by atoms with Crippen LogP contribution in [-0.4, -0.2) is 39.8 Å². The van der Waals surface area contributed by atoms with Crippen LogP contribution in [0.1, 0.15) is 63.1 Å². The number of nitrogens with one attached hydrogen (secondary N) is 1. The summed E-state index contributed by atoms with van der Waals surface area (Å²) in [5.41, 5.74) is 9.39. The van der Waals surface area contributed by atoms with Crippen molar-refractivity contribution >= 4 is 45.3 Å². The van der Waals surface area contributed by atoms with Crippen LogP contribution in [0.25, 0.3) is 11.3 Å². The largest absolute Gasteiger partial charge is 0.485 e. The van der Waals surface area contributed by atoms with Gasteiger partial charge in [0.1, 0.15) is 12.4 Å². The Kier molecular flexibility index (Phi) is 7.14. The van der Waals surface area contributed by atoms with Crippen molar-refractivity contribution in [3.8, 4) is 17.0 Å². The first-order valence-electron chi connectivity index (χ1n) is 12.5. The average molecular weight is 577 g/mol. The van der Waals surface area contributed by atoms with Gasteiger partial charge in [0.25, 0.3) is 0 Å². The zero-order valence-corrected chi connectivity index (χ0v) is 22.8. The number of ketones is 1. The molecular weight excluding hydrogens is 546 g/mol. The maximum Gasteiger partial charge on any atom is 0.318 e. The smallest absolute Gasteiger partial charge is 0.318 e. The highest BCUT2D eigenvalue weighted by Crippen LogP contribution is 2.66. The van der Waals surface area contributed by atoms with Crippen LogP contribution in [0.5, 0.6) is 5.75 Å². The number of fused-ring (bicyclic) bond motifs is 1. The van der Waals surface area contributed by atoms with Crippen LogP contribution in [0.15, 0.2) is 16.6 Å². The highest BCUT2D eigenvalue weighted by atomic mass is 79.9. The fraction of sp³-hybridized carbons (Fsp3) is 0.538. The Labute approximate surface area is 224 Å². The minimum Gasteiger partial charge on any atom is -0.485 e. The van der Waals surface area contributed by atoms with Gasteiger partial charge < -0.3 is 20.7 Å². The number of hydrogen-bond acceptors (Lipinski definition) is 6. The van der Waals surface area contributed by atoms with Gasteiger partial charge in [0.2, 0.25) is 5.95 Å². The van der Waals surface area contributed by atoms with Crippen molar-refractivity contribution in [2.24, 2.45) is 11.3 Å². The maximum atomic E-state index is 12.9. The molecule has 2 aromatic rings. The lowest BCUT2D eigenvalue weighted by Gasteiger charge is -2.62. The SMILES string of the molecule is CC(=O)COc1cc(-c2nc(N)nc3c2CN(C(=O)NCCCCCC24CC(C2)C4)C3)c(Cl)cc1Br. The van der Waals surface area contributed by atoms with Gasteiger partial charge in [-0.15, -0.1) is 0 Å². The second-order valence-electron chi connectivity index (χ2n) is 10.5. The highest BCUT2D eigenvalue weighted by molar-refractivity contribution is 9.10. The number of carbonyl (C=O) groups excluding carboxylic acids is 2. The van der Waals surface area contributed by atoms with Gasteiger partial charge in [-0.3, -0.25) is 4.79 Å². The lowest BCUT2D eigenvalue weighted by Crippen LogP contribution is -2.51. The van der Waals surface area contributed by atoms with Crippen LogP contribution in [0, 0.1) is 11.3 Å². The molecule has 36 heavy (non-hydrogen) atoms. The summed E-state index contributed by atoms with van der Waals surface area (Å²) in [4.78, 5) is 34.8. The molecule has 1 aromatic carbocycles. The third-order valence-corrected chi connectivity index (χ3v) is 8.55. The van der Waals surface area contributed by atoms with Gasteiger partial charge in [-0.25, -0.2) is 14.8 Å². The summed E-state index contributed by atoms with van der Waals surface area (Å²) in [6.45, 7) is 2.78. The van der Waals surface area contributed by atoms with Gasteiger partial charge in [0, 0.05) is 17.7 Å². The molecule has 6 rings (SSSR count). The lowest BCUT2D eigenvalue weighted by molar-refractivity contribution is -0.118. The van der Waals surface area contributed by atoms with Crippen molar-refractivity contribution in [3.63, 3.8) is 0 Å². The van der Waals surface area contributed by atoms with Crippen LogP contribution >= 0.6 is 27.5 Å². The molecule has 0 radical (unpaired) electrons. The van der Waals surface area contributed by atoms with Gasteiger partial charge in [-0.05, 0) is 78.4 Å². The van der Waals surface area contributed by atoms with Crippen LogP contribution in [0.3, 0.4) is 0 Å². The lowest BCUT2D eigenvalue weighted by atomic mass is 9.43. The number of Topliss-reactive ketones (excluding diaryl/α,β-unsaturated/α-hetero) is 1. The summed E-state index contributed by atoms with van der Waals surface area (Å²) in [7, 11) is 0. The number of aromatic nitrogens is 2. The number of benzene rings is 1. The highest BCUT2D eigenvalue weighted by Gasteiger charge is 2.55. The minimum atomic E-state index is -0.121. The van der Waals surface area contributed by atoms with Gasteiger partial charge in [-0.2, -0.15) is 0 Å². The van der Waals surface area contributed by atoms with E-state index in [1.807, 2.05) is 0 Å². The molecule has 8 nitrogen and oxygen atoms in total. The molecular formula is C26H31BrClN5O3. The molecule has 10 heteroatoms. The maximum absolute atomic E-state index is 12.9. The topological polar surface area (TPSA) is 110 Å². The summed E-state index contributed by atoms with van der Waals surface area (Å²) in [6.07, 6.45) is 9.09. The third-order valence-electron chi connectivity index (χ3n) is 7.62. The molecule has 0 spiro atoms. The van der Waals surface area contributed by atoms with E-state index in [0.717, 1.165) is 24.3 Å². The van der Waals surface area contributed by atoms with Crippen molar-refractivity contribution in [3.05, 3.63) is 32.9 Å². The van der Waals surface area contributed by atoms with Crippen LogP contribution < -0.4 is 15.8 Å². The zero-order valence-electron chi connectivity index (χ0n) is 20.4. The van der Waals surface area contributed by atoms with Crippen LogP contribution in [-0.2, 0) is 17.9 Å². The molecule has 2 bridgehead atoms. The fourth-order valence-electron chi connectivity index (χ4n) is 5.71. The van der Waals surface area contributed by atoms with Crippen molar-refractivity contribution in [1.82, 2.24) is 20.2 Å². The Morgan fingerprint density at radius 1 is 1.22 bits per heavy atom. The summed E-state index contributed by atoms with van der Waals surface area (Å²) < 4.78 is 6.25. The van der Waals surface area contributed by atoms with E-state index in [4.69, 9.17) is 22.1 Å². The molecule has 2 heterocycles. The normalized spacial score (nSPS) is 21.4. The molecule has 2 amide bonds. The Hall–Kier alpha value is -2.39. The Morgan fingerprint density at radius 2 is 2.00 bits per heavy atom. The molecule has 3 aliphatic carbocycles. The number of halogens is 2. The molecule has 3 N–H and O–H groups in total. The number of nitrogens with two attached hydrogens (primary N) is 1. The van der Waals surface area contributed by atoms with E-state index < -0.39 is 0 Å². The first kappa shape index (κ1) is 25.3. The number of urea groups is 1. The second kappa shape index (κ2) is 10.2. The van der Waals surface area contributed by atoms with E-state index in [2.05, 4.69) is 31.2 Å². The summed E-state index contributed by atoms with van der Waals surface area (Å²) in [5.74, 6) is 1.52. The van der Waals surface area contributed by atoms with E-state index in [1.54, 1.807) is 17.0 Å².